The van der Waals surface area contributed by atoms with E-state index < -0.39 is 5.60 Å². The van der Waals surface area contributed by atoms with E-state index in [1.165, 1.54) is 5.56 Å². The standard InChI is InChI=1S/C20H31BrN4O.HI/c1-2-22-19(23-15-20(26)10-3-11-20)24-18-8-12-25(13-9-18)14-16-4-6-17(21)7-5-16;/h4-7,18,26H,2-3,8-15H2,1H3,(H2,22,23,24);1H. The topological polar surface area (TPSA) is 59.9 Å². The number of aliphatic imine (C=N–C) groups is 1. The molecule has 0 unspecified atom stereocenters. The SMILES string of the molecule is CCNC(=NCC1(O)CCC1)NC1CCN(Cc2ccc(Br)cc2)CC1.I. The monoisotopic (exact) mass is 550 g/mol. The number of rotatable bonds is 6. The molecule has 1 aliphatic heterocycles. The highest BCUT2D eigenvalue weighted by Gasteiger charge is 2.34. The summed E-state index contributed by atoms with van der Waals surface area (Å²) in [5.74, 6) is 0.846. The Morgan fingerprint density at radius 2 is 1.93 bits per heavy atom. The first kappa shape index (κ1) is 22.9. The molecule has 27 heavy (non-hydrogen) atoms. The summed E-state index contributed by atoms with van der Waals surface area (Å²) in [7, 11) is 0. The molecule has 1 aromatic rings. The molecule has 0 radical (unpaired) electrons. The molecule has 152 valence electrons. The first-order valence-corrected chi connectivity index (χ1v) is 10.6. The van der Waals surface area contributed by atoms with Crippen LogP contribution < -0.4 is 10.6 Å². The molecule has 3 rings (SSSR count). The molecular formula is C20H32BrIN4O. The molecule has 1 aliphatic carbocycles. The van der Waals surface area contributed by atoms with Gasteiger partial charge in [-0.05, 0) is 56.7 Å². The van der Waals surface area contributed by atoms with Crippen LogP contribution in [0.25, 0.3) is 0 Å². The summed E-state index contributed by atoms with van der Waals surface area (Å²) in [5, 5.41) is 17.1. The molecule has 1 saturated carbocycles. The Kier molecular flexibility index (Phi) is 9.31. The number of nitrogens with one attached hydrogen (secondary N) is 2. The third kappa shape index (κ3) is 7.18. The highest BCUT2D eigenvalue weighted by molar-refractivity contribution is 14.0. The molecule has 2 aliphatic rings. The van der Waals surface area contributed by atoms with Crippen LogP contribution in [0.3, 0.4) is 0 Å². The summed E-state index contributed by atoms with van der Waals surface area (Å²) in [6.45, 7) is 6.63. The minimum Gasteiger partial charge on any atom is -0.388 e. The highest BCUT2D eigenvalue weighted by atomic mass is 127. The van der Waals surface area contributed by atoms with Crippen molar-refractivity contribution in [2.24, 2.45) is 4.99 Å². The van der Waals surface area contributed by atoms with Crippen LogP contribution >= 0.6 is 39.9 Å². The van der Waals surface area contributed by atoms with Gasteiger partial charge in [0, 0.05) is 36.7 Å². The fraction of sp³-hybridized carbons (Fsp3) is 0.650. The molecule has 0 amide bonds. The predicted octanol–water partition coefficient (Wildman–Crippen LogP) is 3.50. The Hall–Kier alpha value is -0.380. The van der Waals surface area contributed by atoms with E-state index >= 15 is 0 Å². The van der Waals surface area contributed by atoms with Crippen molar-refractivity contribution in [3.05, 3.63) is 34.3 Å². The first-order valence-electron chi connectivity index (χ1n) is 9.80. The van der Waals surface area contributed by atoms with E-state index in [-0.39, 0.29) is 24.0 Å². The fourth-order valence-corrected chi connectivity index (χ4v) is 3.83. The minimum atomic E-state index is -0.559. The third-order valence-corrected chi connectivity index (χ3v) is 5.94. The van der Waals surface area contributed by atoms with Crippen molar-refractivity contribution in [1.29, 1.82) is 0 Å². The van der Waals surface area contributed by atoms with Gasteiger partial charge in [0.25, 0.3) is 0 Å². The van der Waals surface area contributed by atoms with Crippen molar-refractivity contribution >= 4 is 45.9 Å². The first-order chi connectivity index (χ1) is 12.6. The number of benzene rings is 1. The van der Waals surface area contributed by atoms with Crippen molar-refractivity contribution in [2.75, 3.05) is 26.2 Å². The zero-order chi connectivity index (χ0) is 18.4. The maximum atomic E-state index is 10.3. The van der Waals surface area contributed by atoms with Gasteiger partial charge < -0.3 is 15.7 Å². The van der Waals surface area contributed by atoms with Gasteiger partial charge in [0.1, 0.15) is 0 Å². The zero-order valence-corrected chi connectivity index (χ0v) is 20.0. The lowest BCUT2D eigenvalue weighted by Gasteiger charge is -2.36. The molecule has 0 bridgehead atoms. The van der Waals surface area contributed by atoms with Crippen LogP contribution in [0.15, 0.2) is 33.7 Å². The van der Waals surface area contributed by atoms with Gasteiger partial charge in [0.15, 0.2) is 5.96 Å². The number of nitrogens with zero attached hydrogens (tertiary/aromatic N) is 2. The summed E-state index contributed by atoms with van der Waals surface area (Å²) >= 11 is 3.49. The number of hydrogen-bond acceptors (Lipinski definition) is 3. The van der Waals surface area contributed by atoms with Gasteiger partial charge in [-0.1, -0.05) is 28.1 Å². The fourth-order valence-electron chi connectivity index (χ4n) is 3.57. The largest absolute Gasteiger partial charge is 0.388 e. The van der Waals surface area contributed by atoms with E-state index in [9.17, 15) is 5.11 Å². The summed E-state index contributed by atoms with van der Waals surface area (Å²) in [5.41, 5.74) is 0.805. The van der Waals surface area contributed by atoms with E-state index in [0.717, 1.165) is 68.7 Å². The average molecular weight is 551 g/mol. The molecule has 1 heterocycles. The van der Waals surface area contributed by atoms with E-state index in [0.29, 0.717) is 12.6 Å². The molecule has 0 aromatic heterocycles. The van der Waals surface area contributed by atoms with Gasteiger partial charge in [-0.15, -0.1) is 24.0 Å². The van der Waals surface area contributed by atoms with Crippen molar-refractivity contribution in [3.63, 3.8) is 0 Å². The number of guanidine groups is 1. The second-order valence-electron chi connectivity index (χ2n) is 7.59. The third-order valence-electron chi connectivity index (χ3n) is 5.41. The zero-order valence-electron chi connectivity index (χ0n) is 16.1. The van der Waals surface area contributed by atoms with Crippen molar-refractivity contribution in [2.45, 2.75) is 57.2 Å². The lowest BCUT2D eigenvalue weighted by molar-refractivity contribution is -0.0236. The maximum absolute atomic E-state index is 10.3. The molecule has 1 aromatic carbocycles. The molecule has 1 saturated heterocycles. The van der Waals surface area contributed by atoms with Crippen LogP contribution in [0.4, 0.5) is 0 Å². The second-order valence-corrected chi connectivity index (χ2v) is 8.51. The molecule has 3 N–H and O–H groups in total. The van der Waals surface area contributed by atoms with Gasteiger partial charge in [-0.25, -0.2) is 0 Å². The van der Waals surface area contributed by atoms with Crippen LogP contribution in [0, 0.1) is 0 Å². The highest BCUT2D eigenvalue weighted by Crippen LogP contribution is 2.31. The van der Waals surface area contributed by atoms with Crippen LogP contribution in [0.5, 0.6) is 0 Å². The van der Waals surface area contributed by atoms with Crippen LogP contribution in [-0.4, -0.2) is 53.8 Å². The van der Waals surface area contributed by atoms with Gasteiger partial charge in [0.05, 0.1) is 12.1 Å². The van der Waals surface area contributed by atoms with E-state index in [2.05, 4.69) is 67.6 Å². The Morgan fingerprint density at radius 3 is 2.48 bits per heavy atom. The number of halogens is 2. The Balaban J connectivity index is 0.00000261. The lowest BCUT2D eigenvalue weighted by Crippen LogP contribution is -2.49. The number of likely N-dealkylation sites (tertiary alicyclic amines) is 1. The normalized spacial score (nSPS) is 20.5. The van der Waals surface area contributed by atoms with Crippen molar-refractivity contribution < 1.29 is 5.11 Å². The van der Waals surface area contributed by atoms with E-state index in [4.69, 9.17) is 0 Å². The molecule has 0 spiro atoms. The predicted molar refractivity (Wildman–Crippen MR) is 126 cm³/mol. The van der Waals surface area contributed by atoms with E-state index in [1.54, 1.807) is 0 Å². The summed E-state index contributed by atoms with van der Waals surface area (Å²) in [6.07, 6.45) is 5.11. The van der Waals surface area contributed by atoms with Gasteiger partial charge in [-0.2, -0.15) is 0 Å². The smallest absolute Gasteiger partial charge is 0.191 e. The van der Waals surface area contributed by atoms with Crippen LogP contribution in [0.1, 0.15) is 44.6 Å². The minimum absolute atomic E-state index is 0. The number of aliphatic hydroxyl groups is 1. The summed E-state index contributed by atoms with van der Waals surface area (Å²) in [6, 6.07) is 9.05. The second kappa shape index (κ2) is 11.0. The Bertz CT molecular complexity index is 599. The van der Waals surface area contributed by atoms with E-state index in [1.807, 2.05) is 0 Å². The molecule has 2 fully saturated rings. The molecular weight excluding hydrogens is 519 g/mol. The van der Waals surface area contributed by atoms with Gasteiger partial charge in [0.2, 0.25) is 0 Å². The van der Waals surface area contributed by atoms with Crippen molar-refractivity contribution in [3.8, 4) is 0 Å². The number of piperidine rings is 1. The number of hydrogen-bond donors (Lipinski definition) is 3. The average Bonchev–Trinajstić information content (AvgIpc) is 2.62. The van der Waals surface area contributed by atoms with Crippen LogP contribution in [-0.2, 0) is 6.54 Å². The Morgan fingerprint density at radius 1 is 1.26 bits per heavy atom. The molecule has 7 heteroatoms. The van der Waals surface area contributed by atoms with Crippen molar-refractivity contribution in [1.82, 2.24) is 15.5 Å². The van der Waals surface area contributed by atoms with Gasteiger partial charge >= 0.3 is 0 Å². The quantitative estimate of drug-likeness (QED) is 0.288. The maximum Gasteiger partial charge on any atom is 0.191 e. The molecule has 5 nitrogen and oxygen atoms in total. The summed E-state index contributed by atoms with van der Waals surface area (Å²) in [4.78, 5) is 7.14. The Labute approximate surface area is 188 Å². The summed E-state index contributed by atoms with van der Waals surface area (Å²) < 4.78 is 1.13. The van der Waals surface area contributed by atoms with Crippen LogP contribution in [0.2, 0.25) is 0 Å². The molecule has 0 atom stereocenters. The lowest BCUT2D eigenvalue weighted by atomic mass is 9.80. The van der Waals surface area contributed by atoms with Gasteiger partial charge in [-0.3, -0.25) is 9.89 Å².